The summed E-state index contributed by atoms with van der Waals surface area (Å²) in [7, 11) is 0. The molecule has 2 aliphatic heterocycles. The summed E-state index contributed by atoms with van der Waals surface area (Å²) in [4.78, 5) is 16.1. The minimum atomic E-state index is -4.72. The number of fused-ring (bicyclic) bond motifs is 1. The van der Waals surface area contributed by atoms with Crippen LogP contribution in [0, 0.1) is 0 Å². The maximum atomic E-state index is 13.9. The van der Waals surface area contributed by atoms with Crippen molar-refractivity contribution in [3.05, 3.63) is 24.5 Å². The fraction of sp³-hybridized carbons (Fsp3) is 0.545. The van der Waals surface area contributed by atoms with Crippen LogP contribution in [0.15, 0.2) is 24.5 Å². The second kappa shape index (κ2) is 8.69. The number of aliphatic hydroxyl groups excluding tert-OH is 1. The number of aromatic nitrogens is 5. The molecule has 14 heteroatoms. The molecule has 10 nitrogen and oxygen atoms in total. The van der Waals surface area contributed by atoms with Crippen LogP contribution in [0.25, 0.3) is 10.9 Å². The van der Waals surface area contributed by atoms with Crippen molar-refractivity contribution in [2.45, 2.75) is 50.4 Å². The van der Waals surface area contributed by atoms with Crippen molar-refractivity contribution in [1.29, 1.82) is 0 Å². The molecule has 0 radical (unpaired) electrons. The van der Waals surface area contributed by atoms with Gasteiger partial charge in [0.05, 0.1) is 36.6 Å². The fourth-order valence-corrected chi connectivity index (χ4v) is 4.40. The molecule has 2 fully saturated rings. The molecule has 36 heavy (non-hydrogen) atoms. The highest BCUT2D eigenvalue weighted by atomic mass is 19.4. The minimum Gasteiger partial charge on any atom is -0.390 e. The molecule has 3 aromatic heterocycles. The molecule has 0 saturated carbocycles. The number of anilines is 4. The first-order chi connectivity index (χ1) is 16.9. The van der Waals surface area contributed by atoms with Gasteiger partial charge in [-0.25, -0.2) is 14.4 Å². The lowest BCUT2D eigenvalue weighted by atomic mass is 9.93. The molecule has 3 N–H and O–H groups in total. The molecule has 0 spiro atoms. The number of aliphatic hydroxyl groups is 2. The van der Waals surface area contributed by atoms with Crippen LogP contribution in [0.5, 0.6) is 0 Å². The first kappa shape index (κ1) is 24.4. The Hall–Kier alpha value is -3.26. The molecule has 0 aliphatic carbocycles. The summed E-state index contributed by atoms with van der Waals surface area (Å²) in [5, 5.41) is 27.6. The summed E-state index contributed by atoms with van der Waals surface area (Å²) in [6.45, 7) is 3.01. The summed E-state index contributed by atoms with van der Waals surface area (Å²) in [6.07, 6.45) is -3.76. The van der Waals surface area contributed by atoms with Gasteiger partial charge in [-0.15, -0.1) is 0 Å². The van der Waals surface area contributed by atoms with Gasteiger partial charge in [-0.2, -0.15) is 23.3 Å². The molecule has 2 aliphatic rings. The van der Waals surface area contributed by atoms with Gasteiger partial charge in [-0.05, 0) is 26.3 Å². The van der Waals surface area contributed by atoms with E-state index in [-0.39, 0.29) is 19.0 Å². The van der Waals surface area contributed by atoms with Gasteiger partial charge in [0.15, 0.2) is 11.4 Å². The summed E-state index contributed by atoms with van der Waals surface area (Å²) >= 11 is 0. The van der Waals surface area contributed by atoms with Crippen molar-refractivity contribution in [1.82, 2.24) is 24.7 Å². The Morgan fingerprint density at radius 3 is 2.58 bits per heavy atom. The van der Waals surface area contributed by atoms with E-state index >= 15 is 0 Å². The zero-order valence-corrected chi connectivity index (χ0v) is 19.6. The van der Waals surface area contributed by atoms with Crippen LogP contribution in [0.1, 0.15) is 26.3 Å². The second-order valence-corrected chi connectivity index (χ2v) is 9.52. The predicted octanol–water partition coefficient (Wildman–Crippen LogP) is 2.57. The molecule has 0 unspecified atom stereocenters. The SMILES string of the molecule is CC(C)n1nc(N2CC(O)(C(F)(F)F)C2)c2cnc(Nc3ccnc(N4CC[C@@H](O)[C@@H](F)C4)n3)cc21. The molecule has 2 saturated heterocycles. The molecule has 0 aromatic carbocycles. The third-order valence-corrected chi connectivity index (χ3v) is 6.48. The van der Waals surface area contributed by atoms with E-state index in [0.717, 1.165) is 0 Å². The monoisotopic (exact) mass is 510 g/mol. The van der Waals surface area contributed by atoms with Gasteiger partial charge in [-0.1, -0.05) is 0 Å². The van der Waals surface area contributed by atoms with E-state index in [1.807, 2.05) is 13.8 Å². The largest absolute Gasteiger partial charge is 0.420 e. The minimum absolute atomic E-state index is 0.00879. The van der Waals surface area contributed by atoms with E-state index in [2.05, 4.69) is 25.4 Å². The van der Waals surface area contributed by atoms with Gasteiger partial charge in [-0.3, -0.25) is 4.68 Å². The summed E-state index contributed by atoms with van der Waals surface area (Å²) in [6, 6.07) is 3.26. The van der Waals surface area contributed by atoms with Crippen LogP contribution in [-0.4, -0.2) is 85.2 Å². The van der Waals surface area contributed by atoms with Gasteiger partial charge >= 0.3 is 6.18 Å². The molecule has 5 heterocycles. The number of nitrogens with one attached hydrogen (secondary N) is 1. The number of rotatable bonds is 5. The Labute approximate surface area is 203 Å². The number of alkyl halides is 4. The Morgan fingerprint density at radius 1 is 1.17 bits per heavy atom. The third-order valence-electron chi connectivity index (χ3n) is 6.48. The predicted molar refractivity (Wildman–Crippen MR) is 124 cm³/mol. The Morgan fingerprint density at radius 2 is 1.92 bits per heavy atom. The number of piperidine rings is 1. The van der Waals surface area contributed by atoms with Gasteiger partial charge in [0, 0.05) is 31.0 Å². The number of hydrogen-bond acceptors (Lipinski definition) is 9. The van der Waals surface area contributed by atoms with E-state index in [9.17, 15) is 27.8 Å². The van der Waals surface area contributed by atoms with Crippen molar-refractivity contribution in [3.63, 3.8) is 0 Å². The van der Waals surface area contributed by atoms with Crippen molar-refractivity contribution in [2.24, 2.45) is 0 Å². The second-order valence-electron chi connectivity index (χ2n) is 9.52. The number of pyridine rings is 1. The van der Waals surface area contributed by atoms with E-state index in [4.69, 9.17) is 0 Å². The Balaban J connectivity index is 1.39. The maximum absolute atomic E-state index is 13.9. The average Bonchev–Trinajstić information content (AvgIpc) is 3.17. The highest BCUT2D eigenvalue weighted by Gasteiger charge is 2.61. The van der Waals surface area contributed by atoms with Crippen LogP contribution < -0.4 is 15.1 Å². The molecule has 0 bridgehead atoms. The van der Waals surface area contributed by atoms with Crippen LogP contribution >= 0.6 is 0 Å². The Bertz CT molecular complexity index is 1260. The van der Waals surface area contributed by atoms with E-state index in [1.54, 1.807) is 21.7 Å². The van der Waals surface area contributed by atoms with Gasteiger partial charge in [0.1, 0.15) is 17.8 Å². The smallest absolute Gasteiger partial charge is 0.390 e. The maximum Gasteiger partial charge on any atom is 0.420 e. The molecule has 194 valence electrons. The molecule has 0 amide bonds. The summed E-state index contributed by atoms with van der Waals surface area (Å²) < 4.78 is 54.9. The molecule has 5 rings (SSSR count). The van der Waals surface area contributed by atoms with Gasteiger partial charge in [0.25, 0.3) is 0 Å². The highest BCUT2D eigenvalue weighted by molar-refractivity contribution is 5.92. The normalized spacial score (nSPS) is 22.2. The lowest BCUT2D eigenvalue weighted by Gasteiger charge is -2.47. The number of β-amino-alcohol motifs (C(OH)–C–C–N with tert-alkyl or cyclic N) is 1. The Kier molecular flexibility index (Phi) is 5.90. The molecule has 2 atom stereocenters. The molecular weight excluding hydrogens is 484 g/mol. The first-order valence-electron chi connectivity index (χ1n) is 11.5. The first-order valence-corrected chi connectivity index (χ1v) is 11.5. The number of nitrogens with zero attached hydrogens (tertiary/aromatic N) is 7. The van der Waals surface area contributed by atoms with Gasteiger partial charge < -0.3 is 25.3 Å². The van der Waals surface area contributed by atoms with Crippen molar-refractivity contribution in [3.8, 4) is 0 Å². The van der Waals surface area contributed by atoms with Crippen molar-refractivity contribution in [2.75, 3.05) is 41.3 Å². The molecular formula is C22H26F4N8O2. The highest BCUT2D eigenvalue weighted by Crippen LogP contribution is 2.41. The lowest BCUT2D eigenvalue weighted by Crippen LogP contribution is -2.69. The van der Waals surface area contributed by atoms with Crippen LogP contribution in [0.4, 0.5) is 41.0 Å². The standard InChI is InChI=1S/C22H26F4N8O2/c1-12(2)34-15-7-18(28-8-13(15)19(31-34)33-10-21(36,11-33)22(24,25)26)29-17-3-5-27-20(30-17)32-6-4-16(35)14(23)9-32/h3,5,7-8,12,14,16,35-36H,4,6,9-11H2,1-2H3,(H,27,28,29,30)/t14-,16+/m0/s1. The summed E-state index contributed by atoms with van der Waals surface area (Å²) in [5.41, 5.74) is -2.10. The topological polar surface area (TPSA) is 115 Å². The zero-order valence-electron chi connectivity index (χ0n) is 19.6. The van der Waals surface area contributed by atoms with E-state index in [1.165, 1.54) is 17.3 Å². The number of hydrogen-bond donors (Lipinski definition) is 3. The average molecular weight is 510 g/mol. The third kappa shape index (κ3) is 4.28. The lowest BCUT2D eigenvalue weighted by molar-refractivity contribution is -0.267. The quantitative estimate of drug-likeness (QED) is 0.446. The van der Waals surface area contributed by atoms with Crippen LogP contribution in [0.3, 0.4) is 0 Å². The number of halogens is 4. The van der Waals surface area contributed by atoms with Crippen LogP contribution in [0.2, 0.25) is 0 Å². The van der Waals surface area contributed by atoms with Crippen molar-refractivity contribution < 1.29 is 27.8 Å². The summed E-state index contributed by atoms with van der Waals surface area (Å²) in [5.74, 6) is 1.49. The van der Waals surface area contributed by atoms with Crippen LogP contribution in [-0.2, 0) is 0 Å². The molecule has 3 aromatic rings. The van der Waals surface area contributed by atoms with Gasteiger partial charge in [0.2, 0.25) is 5.95 Å². The van der Waals surface area contributed by atoms with Crippen molar-refractivity contribution >= 4 is 34.3 Å². The zero-order chi connectivity index (χ0) is 25.8. The fourth-order valence-electron chi connectivity index (χ4n) is 4.40. The van der Waals surface area contributed by atoms with E-state index < -0.39 is 37.1 Å². The van der Waals surface area contributed by atoms with E-state index in [0.29, 0.717) is 40.8 Å².